The summed E-state index contributed by atoms with van der Waals surface area (Å²) in [5.41, 5.74) is 0. The van der Waals surface area contributed by atoms with Gasteiger partial charge in [-0.15, -0.1) is 0 Å². The molecule has 1 heteroatoms. The highest BCUT2D eigenvalue weighted by Crippen LogP contribution is 2.55. The molecule has 0 saturated heterocycles. The molecule has 140 valence electrons. The van der Waals surface area contributed by atoms with Gasteiger partial charge in [-0.3, -0.25) is 0 Å². The summed E-state index contributed by atoms with van der Waals surface area (Å²) in [7, 11) is -1.74. The number of allylic oxidation sites excluding steroid dienone is 2. The Hall–Kier alpha value is -2.61. The van der Waals surface area contributed by atoms with E-state index in [9.17, 15) is 0 Å². The summed E-state index contributed by atoms with van der Waals surface area (Å²) in [6.07, 6.45) is 8.40. The molecule has 28 heavy (non-hydrogen) atoms. The highest BCUT2D eigenvalue weighted by atomic mass is 31.2. The molecular formula is C27H28P+. The molecule has 0 saturated carbocycles. The maximum atomic E-state index is 3.40. The van der Waals surface area contributed by atoms with E-state index >= 15 is 0 Å². The van der Waals surface area contributed by atoms with Gasteiger partial charge >= 0.3 is 0 Å². The first kappa shape index (κ1) is 20.1. The smallest absolute Gasteiger partial charge is 0.0947 e. The van der Waals surface area contributed by atoms with E-state index in [0.29, 0.717) is 0 Å². The predicted molar refractivity (Wildman–Crippen MR) is 126 cm³/mol. The Morgan fingerprint density at radius 3 is 1.61 bits per heavy atom. The van der Waals surface area contributed by atoms with E-state index in [1.165, 1.54) is 22.3 Å². The SMILES string of the molecule is CCC/C=C/C#CCC[P+](c1ccccc1)(c1ccccc1)c1ccccc1. The second kappa shape index (κ2) is 10.7. The Morgan fingerprint density at radius 1 is 0.714 bits per heavy atom. The van der Waals surface area contributed by atoms with Gasteiger partial charge in [0.1, 0.15) is 23.2 Å². The Labute approximate surface area is 170 Å². The predicted octanol–water partition coefficient (Wildman–Crippen LogP) is 5.73. The molecule has 0 N–H and O–H groups in total. The lowest BCUT2D eigenvalue weighted by atomic mass is 10.3. The molecule has 0 bridgehead atoms. The minimum absolute atomic E-state index is 0.892. The average Bonchev–Trinajstić information content (AvgIpc) is 2.78. The fourth-order valence-corrected chi connectivity index (χ4v) is 7.71. The average molecular weight is 383 g/mol. The topological polar surface area (TPSA) is 0 Å². The van der Waals surface area contributed by atoms with Gasteiger partial charge in [-0.25, -0.2) is 0 Å². The molecule has 0 amide bonds. The monoisotopic (exact) mass is 383 g/mol. The van der Waals surface area contributed by atoms with Crippen molar-refractivity contribution in [3.63, 3.8) is 0 Å². The van der Waals surface area contributed by atoms with Crippen molar-refractivity contribution < 1.29 is 0 Å². The van der Waals surface area contributed by atoms with E-state index in [4.69, 9.17) is 0 Å². The normalized spacial score (nSPS) is 11.2. The number of rotatable bonds is 7. The molecule has 0 nitrogen and oxygen atoms in total. The molecule has 0 radical (unpaired) electrons. The lowest BCUT2D eigenvalue weighted by molar-refractivity contribution is 0.959. The third-order valence-corrected chi connectivity index (χ3v) is 9.36. The first-order valence-electron chi connectivity index (χ1n) is 10.1. The quantitative estimate of drug-likeness (QED) is 0.361. The molecule has 3 aromatic rings. The molecule has 0 fully saturated rings. The summed E-state index contributed by atoms with van der Waals surface area (Å²) in [6, 6.07) is 33.0. The van der Waals surface area contributed by atoms with E-state index < -0.39 is 7.26 Å². The van der Waals surface area contributed by atoms with Crippen LogP contribution in [0.15, 0.2) is 103 Å². The summed E-state index contributed by atoms with van der Waals surface area (Å²) in [4.78, 5) is 0. The lowest BCUT2D eigenvalue weighted by Crippen LogP contribution is -2.33. The molecular weight excluding hydrogens is 355 g/mol. The summed E-state index contributed by atoms with van der Waals surface area (Å²) in [6.45, 7) is 2.19. The molecule has 0 spiro atoms. The largest absolute Gasteiger partial charge is 0.113 e. The molecule has 0 unspecified atom stereocenters. The Morgan fingerprint density at radius 2 is 1.18 bits per heavy atom. The molecule has 0 heterocycles. The van der Waals surface area contributed by atoms with Crippen LogP contribution in [0.5, 0.6) is 0 Å². The van der Waals surface area contributed by atoms with Crippen LogP contribution >= 0.6 is 7.26 Å². The van der Waals surface area contributed by atoms with Gasteiger partial charge in [0.15, 0.2) is 0 Å². The minimum Gasteiger partial charge on any atom is -0.0947 e. The zero-order valence-electron chi connectivity index (χ0n) is 16.6. The second-order valence-electron chi connectivity index (χ2n) is 6.80. The highest BCUT2D eigenvalue weighted by Gasteiger charge is 2.44. The fraction of sp³-hybridized carbons (Fsp3) is 0.185. The number of benzene rings is 3. The van der Waals surface area contributed by atoms with Gasteiger partial charge in [-0.2, -0.15) is 0 Å². The van der Waals surface area contributed by atoms with Crippen molar-refractivity contribution in [3.8, 4) is 11.8 Å². The zero-order chi connectivity index (χ0) is 19.5. The van der Waals surface area contributed by atoms with Crippen LogP contribution in [0.3, 0.4) is 0 Å². The Bertz CT molecular complexity index is 819. The third kappa shape index (κ3) is 4.81. The van der Waals surface area contributed by atoms with E-state index in [1.807, 2.05) is 6.08 Å². The van der Waals surface area contributed by atoms with Crippen LogP contribution in [-0.2, 0) is 0 Å². The molecule has 0 aliphatic heterocycles. The zero-order valence-corrected chi connectivity index (χ0v) is 17.5. The van der Waals surface area contributed by atoms with Gasteiger partial charge in [0.2, 0.25) is 0 Å². The first-order valence-corrected chi connectivity index (χ1v) is 12.0. The van der Waals surface area contributed by atoms with Gasteiger partial charge < -0.3 is 0 Å². The van der Waals surface area contributed by atoms with Gasteiger partial charge in [0, 0.05) is 6.42 Å². The number of hydrogen-bond acceptors (Lipinski definition) is 0. The van der Waals surface area contributed by atoms with Crippen molar-refractivity contribution in [2.45, 2.75) is 26.2 Å². The molecule has 0 aromatic heterocycles. The minimum atomic E-state index is -1.74. The maximum Gasteiger partial charge on any atom is 0.113 e. The van der Waals surface area contributed by atoms with Crippen molar-refractivity contribution >= 4 is 23.2 Å². The van der Waals surface area contributed by atoms with Crippen molar-refractivity contribution in [2.75, 3.05) is 6.16 Å². The lowest BCUT2D eigenvalue weighted by Gasteiger charge is -2.27. The summed E-state index contributed by atoms with van der Waals surface area (Å²) < 4.78 is 0. The van der Waals surface area contributed by atoms with E-state index in [2.05, 4.69) is 116 Å². The molecule has 0 atom stereocenters. The van der Waals surface area contributed by atoms with Crippen LogP contribution in [0.25, 0.3) is 0 Å². The fourth-order valence-electron chi connectivity index (χ4n) is 3.55. The summed E-state index contributed by atoms with van der Waals surface area (Å²) in [5, 5.41) is 4.28. The third-order valence-electron chi connectivity index (χ3n) is 4.92. The first-order chi connectivity index (χ1) is 13.9. The Balaban J connectivity index is 2.04. The van der Waals surface area contributed by atoms with E-state index in [1.54, 1.807) is 0 Å². The van der Waals surface area contributed by atoms with Crippen molar-refractivity contribution in [2.24, 2.45) is 0 Å². The van der Waals surface area contributed by atoms with Crippen LogP contribution in [0.1, 0.15) is 26.2 Å². The van der Waals surface area contributed by atoms with Crippen LogP contribution in [0.2, 0.25) is 0 Å². The maximum absolute atomic E-state index is 3.40. The van der Waals surface area contributed by atoms with Crippen LogP contribution in [0, 0.1) is 11.8 Å². The Kier molecular flexibility index (Phi) is 7.66. The van der Waals surface area contributed by atoms with Crippen LogP contribution in [0.4, 0.5) is 0 Å². The van der Waals surface area contributed by atoms with Crippen LogP contribution < -0.4 is 15.9 Å². The molecule has 3 aromatic carbocycles. The standard InChI is InChI=1S/C27H28P/c1-2-3-4-5-6-7-17-24-28(25-18-11-8-12-19-25,26-20-13-9-14-21-26)27-22-15-10-16-23-27/h4-5,8-16,18-23H,2-3,17,24H2,1H3/q+1/b5-4+. The summed E-state index contributed by atoms with van der Waals surface area (Å²) in [5.74, 6) is 6.63. The number of hydrogen-bond donors (Lipinski definition) is 0. The van der Waals surface area contributed by atoms with E-state index in [-0.39, 0.29) is 0 Å². The number of unbranched alkanes of at least 4 members (excludes halogenated alkanes) is 1. The van der Waals surface area contributed by atoms with Crippen LogP contribution in [-0.4, -0.2) is 6.16 Å². The van der Waals surface area contributed by atoms with Gasteiger partial charge in [-0.05, 0) is 48.9 Å². The molecule has 3 rings (SSSR count). The molecule has 0 aliphatic carbocycles. The second-order valence-corrected chi connectivity index (χ2v) is 10.4. The van der Waals surface area contributed by atoms with Gasteiger partial charge in [0.25, 0.3) is 0 Å². The van der Waals surface area contributed by atoms with Gasteiger partial charge in [-0.1, -0.05) is 85.9 Å². The van der Waals surface area contributed by atoms with Crippen molar-refractivity contribution in [1.82, 2.24) is 0 Å². The summed E-state index contributed by atoms with van der Waals surface area (Å²) >= 11 is 0. The van der Waals surface area contributed by atoms with Crippen molar-refractivity contribution in [3.05, 3.63) is 103 Å². The van der Waals surface area contributed by atoms with Gasteiger partial charge in [0.05, 0.1) is 6.16 Å². The van der Waals surface area contributed by atoms with E-state index in [0.717, 1.165) is 19.0 Å². The molecule has 0 aliphatic rings. The van der Waals surface area contributed by atoms with Crippen molar-refractivity contribution in [1.29, 1.82) is 0 Å². The highest BCUT2D eigenvalue weighted by molar-refractivity contribution is 7.95.